The predicted molar refractivity (Wildman–Crippen MR) is 136 cm³/mol. The van der Waals surface area contributed by atoms with Gasteiger partial charge in [0.1, 0.15) is 11.8 Å². The van der Waals surface area contributed by atoms with Crippen molar-refractivity contribution in [3.63, 3.8) is 0 Å². The summed E-state index contributed by atoms with van der Waals surface area (Å²) in [6, 6.07) is 26.6. The van der Waals surface area contributed by atoms with Crippen LogP contribution in [0.2, 0.25) is 0 Å². The van der Waals surface area contributed by atoms with Crippen LogP contribution in [0, 0.1) is 6.92 Å². The Morgan fingerprint density at radius 1 is 0.970 bits per heavy atom. The summed E-state index contributed by atoms with van der Waals surface area (Å²) in [5, 5.41) is 4.22. The van der Waals surface area contributed by atoms with Gasteiger partial charge in [0.25, 0.3) is 0 Å². The fraction of sp³-hybridized carbons (Fsp3) is 0.185. The lowest BCUT2D eigenvalue weighted by Crippen LogP contribution is -2.30. The molecule has 5 nitrogen and oxygen atoms in total. The molecule has 0 spiro atoms. The van der Waals surface area contributed by atoms with Gasteiger partial charge in [0.05, 0.1) is 18.3 Å². The highest BCUT2D eigenvalue weighted by Gasteiger charge is 2.42. The topological polar surface area (TPSA) is 42.3 Å². The molecule has 2 atom stereocenters. The van der Waals surface area contributed by atoms with Crippen LogP contribution >= 0.6 is 12.2 Å². The van der Waals surface area contributed by atoms with Crippen molar-refractivity contribution in [2.24, 2.45) is 0 Å². The molecule has 0 amide bonds. The first-order valence-electron chi connectivity index (χ1n) is 11.1. The van der Waals surface area contributed by atoms with E-state index in [1.54, 1.807) is 0 Å². The van der Waals surface area contributed by atoms with Gasteiger partial charge < -0.3 is 19.5 Å². The number of hydrogen-bond acceptors (Lipinski definition) is 3. The summed E-state index contributed by atoms with van der Waals surface area (Å²) in [6.45, 7) is 4.76. The number of para-hydroxylation sites is 1. The van der Waals surface area contributed by atoms with Gasteiger partial charge in [-0.3, -0.25) is 4.98 Å². The third-order valence-electron chi connectivity index (χ3n) is 5.98. The standard InChI is InChI=1S/C27H26N4OS/c1-3-32-21-15-13-20(14-16-21)31-26(25(29-27(31)33)22-10-6-7-17-28-22)24-12-8-18-30(24)23-11-5-4-9-19(23)2/h4-18,25-26H,3H2,1-2H3,(H,29,33)/t25-,26+/m0/s1. The maximum atomic E-state index is 5.87. The molecule has 1 aliphatic rings. The van der Waals surface area contributed by atoms with Crippen LogP contribution in [0.25, 0.3) is 5.69 Å². The van der Waals surface area contributed by atoms with Crippen molar-refractivity contribution in [1.82, 2.24) is 14.9 Å². The number of anilines is 1. The van der Waals surface area contributed by atoms with Gasteiger partial charge in [0, 0.05) is 29.5 Å². The smallest absolute Gasteiger partial charge is 0.174 e. The van der Waals surface area contributed by atoms with Crippen LogP contribution in [0.3, 0.4) is 0 Å². The second-order valence-corrected chi connectivity index (χ2v) is 8.40. The van der Waals surface area contributed by atoms with Gasteiger partial charge in [-0.2, -0.15) is 0 Å². The average molecular weight is 455 g/mol. The Balaban J connectivity index is 1.64. The van der Waals surface area contributed by atoms with Crippen LogP contribution in [0.5, 0.6) is 5.75 Å². The van der Waals surface area contributed by atoms with Crippen LogP contribution in [0.4, 0.5) is 5.69 Å². The van der Waals surface area contributed by atoms with Gasteiger partial charge >= 0.3 is 0 Å². The van der Waals surface area contributed by atoms with Crippen molar-refractivity contribution >= 4 is 23.0 Å². The zero-order chi connectivity index (χ0) is 22.8. The van der Waals surface area contributed by atoms with Crippen molar-refractivity contribution in [3.05, 3.63) is 108 Å². The Bertz CT molecular complexity index is 1250. The first-order chi connectivity index (χ1) is 16.2. The number of aromatic nitrogens is 2. The molecular weight excluding hydrogens is 428 g/mol. The van der Waals surface area contributed by atoms with Crippen LogP contribution < -0.4 is 15.0 Å². The number of thiocarbonyl (C=S) groups is 1. The first kappa shape index (κ1) is 21.2. The third kappa shape index (κ3) is 3.98. The lowest BCUT2D eigenvalue weighted by molar-refractivity contribution is 0.340. The van der Waals surface area contributed by atoms with E-state index in [9.17, 15) is 0 Å². The van der Waals surface area contributed by atoms with Crippen molar-refractivity contribution in [2.45, 2.75) is 25.9 Å². The van der Waals surface area contributed by atoms with Crippen LogP contribution in [-0.4, -0.2) is 21.3 Å². The van der Waals surface area contributed by atoms with Gasteiger partial charge in [-0.1, -0.05) is 24.3 Å². The van der Waals surface area contributed by atoms with E-state index in [0.29, 0.717) is 11.7 Å². The van der Waals surface area contributed by atoms with E-state index in [-0.39, 0.29) is 12.1 Å². The summed E-state index contributed by atoms with van der Waals surface area (Å²) >= 11 is 5.87. The fourth-order valence-corrected chi connectivity index (χ4v) is 4.84. The highest BCUT2D eigenvalue weighted by atomic mass is 32.1. The van der Waals surface area contributed by atoms with Gasteiger partial charge in [-0.05, 0) is 86.2 Å². The molecule has 0 aliphatic carbocycles. The second kappa shape index (κ2) is 9.08. The zero-order valence-electron chi connectivity index (χ0n) is 18.7. The third-order valence-corrected chi connectivity index (χ3v) is 6.30. The molecule has 5 rings (SSSR count). The number of aryl methyl sites for hydroxylation is 1. The highest BCUT2D eigenvalue weighted by Crippen LogP contribution is 2.42. The van der Waals surface area contributed by atoms with E-state index in [0.717, 1.165) is 28.5 Å². The van der Waals surface area contributed by atoms with Crippen molar-refractivity contribution < 1.29 is 4.74 Å². The van der Waals surface area contributed by atoms with Gasteiger partial charge in [0.15, 0.2) is 5.11 Å². The minimum Gasteiger partial charge on any atom is -0.494 e. The van der Waals surface area contributed by atoms with Crippen molar-refractivity contribution in [1.29, 1.82) is 0 Å². The van der Waals surface area contributed by atoms with E-state index >= 15 is 0 Å². The zero-order valence-corrected chi connectivity index (χ0v) is 19.5. The first-order valence-corrected chi connectivity index (χ1v) is 11.5. The van der Waals surface area contributed by atoms with Crippen LogP contribution in [0.1, 0.15) is 36.0 Å². The molecule has 4 aromatic rings. The Hall–Kier alpha value is -3.64. The van der Waals surface area contributed by atoms with Crippen LogP contribution in [0.15, 0.2) is 91.3 Å². The number of rotatable bonds is 6. The second-order valence-electron chi connectivity index (χ2n) is 8.01. The molecule has 6 heteroatoms. The fourth-order valence-electron chi connectivity index (χ4n) is 4.49. The molecule has 3 heterocycles. The normalized spacial score (nSPS) is 17.8. The number of nitrogens with zero attached hydrogens (tertiary/aromatic N) is 3. The molecule has 2 aromatic carbocycles. The molecule has 1 fully saturated rings. The minimum absolute atomic E-state index is 0.0834. The Morgan fingerprint density at radius 2 is 1.76 bits per heavy atom. The molecule has 0 saturated carbocycles. The van der Waals surface area contributed by atoms with E-state index in [4.69, 9.17) is 17.0 Å². The average Bonchev–Trinajstić information content (AvgIpc) is 3.45. The number of benzene rings is 2. The predicted octanol–water partition coefficient (Wildman–Crippen LogP) is 5.76. The molecule has 1 aliphatic heterocycles. The van der Waals surface area contributed by atoms with E-state index in [1.807, 2.05) is 37.4 Å². The number of nitrogens with one attached hydrogen (secondary N) is 1. The maximum Gasteiger partial charge on any atom is 0.174 e. The summed E-state index contributed by atoms with van der Waals surface area (Å²) in [5.74, 6) is 0.848. The number of ether oxygens (including phenoxy) is 1. The monoisotopic (exact) mass is 454 g/mol. The molecule has 0 bridgehead atoms. The largest absolute Gasteiger partial charge is 0.494 e. The van der Waals surface area contributed by atoms with Gasteiger partial charge in [-0.25, -0.2) is 0 Å². The molecule has 0 radical (unpaired) electrons. The van der Waals surface area contributed by atoms with Gasteiger partial charge in [0.2, 0.25) is 0 Å². The molecule has 1 N–H and O–H groups in total. The molecule has 0 unspecified atom stereocenters. The summed E-state index contributed by atoms with van der Waals surface area (Å²) < 4.78 is 7.91. The SMILES string of the molecule is CCOc1ccc(N2C(=S)N[C@@H](c3ccccn3)[C@H]2c2cccn2-c2ccccc2C)cc1. The van der Waals surface area contributed by atoms with Gasteiger partial charge in [-0.15, -0.1) is 0 Å². The molecule has 1 saturated heterocycles. The molecule has 33 heavy (non-hydrogen) atoms. The van der Waals surface area contributed by atoms with E-state index in [1.165, 1.54) is 5.56 Å². The Labute approximate surface area is 199 Å². The highest BCUT2D eigenvalue weighted by molar-refractivity contribution is 7.80. The van der Waals surface area contributed by atoms with Crippen LogP contribution in [-0.2, 0) is 0 Å². The lowest BCUT2D eigenvalue weighted by atomic mass is 10.0. The van der Waals surface area contributed by atoms with E-state index < -0.39 is 0 Å². The number of hydrogen-bond donors (Lipinski definition) is 1. The lowest BCUT2D eigenvalue weighted by Gasteiger charge is -2.29. The molecule has 166 valence electrons. The molecule has 2 aromatic heterocycles. The Kier molecular flexibility index (Phi) is 5.84. The minimum atomic E-state index is -0.0945. The quantitative estimate of drug-likeness (QED) is 0.376. The number of pyridine rings is 1. The van der Waals surface area contributed by atoms with Crippen molar-refractivity contribution in [2.75, 3.05) is 11.5 Å². The Morgan fingerprint density at radius 3 is 2.48 bits per heavy atom. The maximum absolute atomic E-state index is 5.87. The van der Waals surface area contributed by atoms with Crippen molar-refractivity contribution in [3.8, 4) is 11.4 Å². The molecular formula is C27H26N4OS. The summed E-state index contributed by atoms with van der Waals surface area (Å²) in [7, 11) is 0. The van der Waals surface area contributed by atoms with E-state index in [2.05, 4.69) is 87.5 Å². The summed E-state index contributed by atoms with van der Waals surface area (Å²) in [6.07, 6.45) is 3.95. The summed E-state index contributed by atoms with van der Waals surface area (Å²) in [4.78, 5) is 6.85. The summed E-state index contributed by atoms with van der Waals surface area (Å²) in [5.41, 5.74) is 5.47.